The van der Waals surface area contributed by atoms with Gasteiger partial charge in [0.1, 0.15) is 6.33 Å². The Morgan fingerprint density at radius 3 is 3.08 bits per heavy atom. The largest absolute Gasteiger partial charge is 0.290 e. The second-order valence-electron chi connectivity index (χ2n) is 2.56. The van der Waals surface area contributed by atoms with E-state index < -0.39 is 0 Å². The first-order valence-electron chi connectivity index (χ1n) is 3.52. The zero-order chi connectivity index (χ0) is 8.55. The first kappa shape index (κ1) is 7.05. The maximum absolute atomic E-state index is 8.74. The van der Waals surface area contributed by atoms with E-state index >= 15 is 0 Å². The summed E-state index contributed by atoms with van der Waals surface area (Å²) in [6.45, 7) is 1.93. The fraction of sp³-hybridized carbons (Fsp3) is 0.143. The first-order valence-corrected chi connectivity index (χ1v) is 3.52. The van der Waals surface area contributed by atoms with Gasteiger partial charge in [0, 0.05) is 0 Å². The maximum atomic E-state index is 8.74. The SMILES string of the molecule is Cc1cc(NO)n2ncnc2c1. The lowest BCUT2D eigenvalue weighted by Crippen LogP contribution is -2.00. The van der Waals surface area contributed by atoms with Gasteiger partial charge in [-0.25, -0.2) is 4.98 Å². The molecule has 0 spiro atoms. The molecule has 62 valence electrons. The number of nitrogens with one attached hydrogen (secondary N) is 1. The minimum atomic E-state index is 0.516. The van der Waals surface area contributed by atoms with Crippen LogP contribution in [0.4, 0.5) is 5.82 Å². The summed E-state index contributed by atoms with van der Waals surface area (Å²) in [5.41, 5.74) is 3.79. The first-order chi connectivity index (χ1) is 5.81. The summed E-state index contributed by atoms with van der Waals surface area (Å²) < 4.78 is 1.52. The number of aromatic nitrogens is 3. The monoisotopic (exact) mass is 164 g/mol. The zero-order valence-corrected chi connectivity index (χ0v) is 6.52. The van der Waals surface area contributed by atoms with Crippen LogP contribution in [0.2, 0.25) is 0 Å². The number of hydrogen-bond acceptors (Lipinski definition) is 4. The number of pyridine rings is 1. The molecule has 2 rings (SSSR count). The molecule has 2 aromatic rings. The van der Waals surface area contributed by atoms with Crippen molar-refractivity contribution >= 4 is 11.5 Å². The normalized spacial score (nSPS) is 10.5. The summed E-state index contributed by atoms with van der Waals surface area (Å²) >= 11 is 0. The van der Waals surface area contributed by atoms with Gasteiger partial charge in [-0.15, -0.1) is 0 Å². The lowest BCUT2D eigenvalue weighted by molar-refractivity contribution is 0.383. The standard InChI is InChI=1S/C7H8N4O/c1-5-2-6-8-4-9-11(6)7(3-5)10-12/h2-4,10,12H,1H3. The molecule has 0 aromatic carbocycles. The van der Waals surface area contributed by atoms with Crippen LogP contribution in [-0.2, 0) is 0 Å². The van der Waals surface area contributed by atoms with E-state index in [1.165, 1.54) is 10.8 Å². The van der Waals surface area contributed by atoms with Crippen molar-refractivity contribution in [3.05, 3.63) is 24.0 Å². The third kappa shape index (κ3) is 0.911. The van der Waals surface area contributed by atoms with Crippen LogP contribution in [0.3, 0.4) is 0 Å². The van der Waals surface area contributed by atoms with Crippen molar-refractivity contribution < 1.29 is 5.21 Å². The number of hydrogen-bond donors (Lipinski definition) is 2. The van der Waals surface area contributed by atoms with Crippen LogP contribution in [0, 0.1) is 6.92 Å². The zero-order valence-electron chi connectivity index (χ0n) is 6.52. The van der Waals surface area contributed by atoms with Crippen molar-refractivity contribution in [2.45, 2.75) is 6.92 Å². The summed E-state index contributed by atoms with van der Waals surface area (Å²) in [6, 6.07) is 3.66. The number of aryl methyl sites for hydroxylation is 1. The molecule has 0 saturated heterocycles. The summed E-state index contributed by atoms with van der Waals surface area (Å²) in [7, 11) is 0. The van der Waals surface area contributed by atoms with E-state index in [-0.39, 0.29) is 0 Å². The quantitative estimate of drug-likeness (QED) is 0.613. The van der Waals surface area contributed by atoms with Crippen LogP contribution < -0.4 is 5.48 Å². The van der Waals surface area contributed by atoms with E-state index in [0.29, 0.717) is 11.5 Å². The smallest absolute Gasteiger partial charge is 0.157 e. The minimum Gasteiger partial charge on any atom is -0.290 e. The van der Waals surface area contributed by atoms with Crippen molar-refractivity contribution in [2.24, 2.45) is 0 Å². The van der Waals surface area contributed by atoms with E-state index in [2.05, 4.69) is 15.6 Å². The molecule has 0 fully saturated rings. The van der Waals surface area contributed by atoms with Gasteiger partial charge in [0.15, 0.2) is 11.5 Å². The van der Waals surface area contributed by atoms with Gasteiger partial charge in [0.2, 0.25) is 0 Å². The van der Waals surface area contributed by atoms with E-state index in [4.69, 9.17) is 5.21 Å². The Morgan fingerprint density at radius 1 is 1.50 bits per heavy atom. The number of fused-ring (bicyclic) bond motifs is 1. The highest BCUT2D eigenvalue weighted by Gasteiger charge is 2.01. The van der Waals surface area contributed by atoms with Gasteiger partial charge in [-0.05, 0) is 24.6 Å². The van der Waals surface area contributed by atoms with Gasteiger partial charge in [-0.1, -0.05) is 0 Å². The average Bonchev–Trinajstić information content (AvgIpc) is 2.50. The summed E-state index contributed by atoms with van der Waals surface area (Å²) in [6.07, 6.45) is 1.44. The number of anilines is 1. The highest BCUT2D eigenvalue weighted by molar-refractivity contribution is 5.50. The average molecular weight is 164 g/mol. The molecule has 0 bridgehead atoms. The fourth-order valence-electron chi connectivity index (χ4n) is 1.14. The predicted octanol–water partition coefficient (Wildman–Crippen LogP) is 0.839. The Kier molecular flexibility index (Phi) is 1.44. The second kappa shape index (κ2) is 2.46. The van der Waals surface area contributed by atoms with Gasteiger partial charge in [-0.3, -0.25) is 10.7 Å². The van der Waals surface area contributed by atoms with Crippen molar-refractivity contribution in [1.82, 2.24) is 14.6 Å². The number of nitrogens with zero attached hydrogens (tertiary/aromatic N) is 3. The van der Waals surface area contributed by atoms with Gasteiger partial charge < -0.3 is 0 Å². The number of rotatable bonds is 1. The third-order valence-corrected chi connectivity index (χ3v) is 1.64. The molecule has 0 amide bonds. The molecule has 0 atom stereocenters. The third-order valence-electron chi connectivity index (χ3n) is 1.64. The van der Waals surface area contributed by atoms with E-state index in [1.54, 1.807) is 6.07 Å². The maximum Gasteiger partial charge on any atom is 0.157 e. The molecule has 0 unspecified atom stereocenters. The van der Waals surface area contributed by atoms with Crippen molar-refractivity contribution in [1.29, 1.82) is 0 Å². The lowest BCUT2D eigenvalue weighted by Gasteiger charge is -2.02. The molecule has 5 nitrogen and oxygen atoms in total. The highest BCUT2D eigenvalue weighted by atomic mass is 16.5. The van der Waals surface area contributed by atoms with E-state index in [9.17, 15) is 0 Å². The van der Waals surface area contributed by atoms with Crippen LogP contribution >= 0.6 is 0 Å². The summed E-state index contributed by atoms with van der Waals surface area (Å²) in [4.78, 5) is 3.99. The molecule has 2 aromatic heterocycles. The highest BCUT2D eigenvalue weighted by Crippen LogP contribution is 2.11. The lowest BCUT2D eigenvalue weighted by atomic mass is 10.3. The topological polar surface area (TPSA) is 62.5 Å². The van der Waals surface area contributed by atoms with Crippen LogP contribution in [0.15, 0.2) is 18.5 Å². The molecule has 0 aliphatic rings. The van der Waals surface area contributed by atoms with Crippen molar-refractivity contribution in [2.75, 3.05) is 5.48 Å². The van der Waals surface area contributed by atoms with Crippen LogP contribution in [0.5, 0.6) is 0 Å². The molecule has 2 heterocycles. The Morgan fingerprint density at radius 2 is 2.33 bits per heavy atom. The van der Waals surface area contributed by atoms with Gasteiger partial charge >= 0.3 is 0 Å². The van der Waals surface area contributed by atoms with Crippen LogP contribution in [0.1, 0.15) is 5.56 Å². The predicted molar refractivity (Wildman–Crippen MR) is 43.1 cm³/mol. The van der Waals surface area contributed by atoms with Crippen LogP contribution in [0.25, 0.3) is 5.65 Å². The van der Waals surface area contributed by atoms with E-state index in [0.717, 1.165) is 5.56 Å². The Balaban J connectivity index is 2.80. The Bertz CT molecular complexity index is 409. The minimum absolute atomic E-state index is 0.516. The summed E-state index contributed by atoms with van der Waals surface area (Å²) in [5, 5.41) is 12.7. The molecular formula is C7H8N4O. The molecule has 2 N–H and O–H groups in total. The fourth-order valence-corrected chi connectivity index (χ4v) is 1.14. The Hall–Kier alpha value is -1.62. The molecule has 0 radical (unpaired) electrons. The van der Waals surface area contributed by atoms with Gasteiger partial charge in [-0.2, -0.15) is 9.61 Å². The molecule has 5 heteroatoms. The molecule has 0 aliphatic carbocycles. The van der Waals surface area contributed by atoms with E-state index in [1.807, 2.05) is 13.0 Å². The molecule has 0 saturated carbocycles. The molecule has 12 heavy (non-hydrogen) atoms. The molecule has 0 aliphatic heterocycles. The second-order valence-corrected chi connectivity index (χ2v) is 2.56. The Labute approximate surface area is 68.6 Å². The van der Waals surface area contributed by atoms with Crippen molar-refractivity contribution in [3.63, 3.8) is 0 Å². The van der Waals surface area contributed by atoms with Gasteiger partial charge in [0.05, 0.1) is 0 Å². The van der Waals surface area contributed by atoms with Crippen molar-refractivity contribution in [3.8, 4) is 0 Å². The van der Waals surface area contributed by atoms with Crippen LogP contribution in [-0.4, -0.2) is 19.8 Å². The summed E-state index contributed by atoms with van der Waals surface area (Å²) in [5.74, 6) is 0.516. The molecular weight excluding hydrogens is 156 g/mol. The van der Waals surface area contributed by atoms with Gasteiger partial charge in [0.25, 0.3) is 0 Å².